The normalized spacial score (nSPS) is 15.3. The molecule has 0 bridgehead atoms. The molecule has 2 N–H and O–H groups in total. The zero-order valence-corrected chi connectivity index (χ0v) is 15.4. The first-order valence-electron chi connectivity index (χ1n) is 8.23. The summed E-state index contributed by atoms with van der Waals surface area (Å²) in [6, 6.07) is 9.06. The van der Waals surface area contributed by atoms with Crippen LogP contribution in [0, 0.1) is 0 Å². The van der Waals surface area contributed by atoms with Gasteiger partial charge >= 0.3 is 0 Å². The number of carbonyl (C=O) groups is 2. The number of ether oxygens (including phenoxy) is 1. The Hall–Kier alpha value is -2.69. The zero-order valence-electron chi connectivity index (χ0n) is 14.6. The van der Waals surface area contributed by atoms with Gasteiger partial charge in [0, 0.05) is 31.4 Å². The highest BCUT2D eigenvalue weighted by Gasteiger charge is 2.30. The van der Waals surface area contributed by atoms with Crippen LogP contribution in [-0.2, 0) is 19.6 Å². The van der Waals surface area contributed by atoms with E-state index >= 15 is 0 Å². The van der Waals surface area contributed by atoms with Gasteiger partial charge in [0.2, 0.25) is 11.0 Å². The third-order valence-electron chi connectivity index (χ3n) is 3.83. The Morgan fingerprint density at radius 2 is 1.56 bits per heavy atom. The van der Waals surface area contributed by atoms with Crippen LogP contribution in [0.2, 0.25) is 0 Å². The van der Waals surface area contributed by atoms with E-state index in [1.54, 1.807) is 24.3 Å². The highest BCUT2D eigenvalue weighted by atomic mass is 32.2. The molecule has 3 rings (SSSR count). The highest BCUT2D eigenvalue weighted by Crippen LogP contribution is 2.21. The van der Waals surface area contributed by atoms with E-state index in [4.69, 9.17) is 9.15 Å². The third-order valence-corrected chi connectivity index (χ3v) is 5.61. The molecule has 27 heavy (non-hydrogen) atoms. The molecule has 144 valence electrons. The SMILES string of the molecule is CC(=O)Nc1ccc(NC(=O)c2ccc(S(=O)(=O)N3CCOCC3)o2)cc1. The van der Waals surface area contributed by atoms with Gasteiger partial charge in [0.1, 0.15) is 0 Å². The molecule has 2 heterocycles. The minimum absolute atomic E-state index is 0.118. The van der Waals surface area contributed by atoms with Crippen molar-refractivity contribution in [1.29, 1.82) is 0 Å². The van der Waals surface area contributed by atoms with Gasteiger partial charge in [-0.25, -0.2) is 8.42 Å². The lowest BCUT2D eigenvalue weighted by Crippen LogP contribution is -2.40. The number of morpholine rings is 1. The Morgan fingerprint density at radius 1 is 0.963 bits per heavy atom. The van der Waals surface area contributed by atoms with Gasteiger partial charge < -0.3 is 19.8 Å². The summed E-state index contributed by atoms with van der Waals surface area (Å²) in [6.45, 7) is 2.52. The Bertz CT molecular complexity index is 930. The minimum Gasteiger partial charge on any atom is -0.438 e. The van der Waals surface area contributed by atoms with E-state index in [0.29, 0.717) is 24.6 Å². The van der Waals surface area contributed by atoms with Crippen LogP contribution in [0.15, 0.2) is 45.9 Å². The van der Waals surface area contributed by atoms with Crippen molar-refractivity contribution in [3.63, 3.8) is 0 Å². The van der Waals surface area contributed by atoms with Crippen molar-refractivity contribution in [2.24, 2.45) is 0 Å². The first-order chi connectivity index (χ1) is 12.9. The van der Waals surface area contributed by atoms with Crippen LogP contribution < -0.4 is 10.6 Å². The maximum absolute atomic E-state index is 12.5. The lowest BCUT2D eigenvalue weighted by Gasteiger charge is -2.24. The summed E-state index contributed by atoms with van der Waals surface area (Å²) in [4.78, 5) is 23.3. The molecule has 0 atom stereocenters. The number of benzene rings is 1. The number of sulfonamides is 1. The van der Waals surface area contributed by atoms with E-state index in [1.165, 1.54) is 23.4 Å². The first-order valence-corrected chi connectivity index (χ1v) is 9.67. The van der Waals surface area contributed by atoms with E-state index in [1.807, 2.05) is 0 Å². The molecular weight excluding hydrogens is 374 g/mol. The Balaban J connectivity index is 1.68. The predicted molar refractivity (Wildman–Crippen MR) is 97.0 cm³/mol. The second-order valence-electron chi connectivity index (χ2n) is 5.85. The number of amides is 2. The predicted octanol–water partition coefficient (Wildman–Crippen LogP) is 1.51. The number of nitrogens with one attached hydrogen (secondary N) is 2. The molecule has 2 aromatic rings. The molecule has 1 aromatic heterocycles. The monoisotopic (exact) mass is 393 g/mol. The molecule has 0 radical (unpaired) electrons. The van der Waals surface area contributed by atoms with Gasteiger partial charge in [0.15, 0.2) is 5.76 Å². The van der Waals surface area contributed by atoms with E-state index in [-0.39, 0.29) is 29.8 Å². The third kappa shape index (κ3) is 4.54. The second kappa shape index (κ2) is 7.91. The smallest absolute Gasteiger partial charge is 0.291 e. The van der Waals surface area contributed by atoms with Gasteiger partial charge in [-0.05, 0) is 36.4 Å². The fraction of sp³-hybridized carbons (Fsp3) is 0.294. The molecule has 10 heteroatoms. The van der Waals surface area contributed by atoms with Crippen molar-refractivity contribution in [1.82, 2.24) is 4.31 Å². The van der Waals surface area contributed by atoms with E-state index in [0.717, 1.165) is 0 Å². The van der Waals surface area contributed by atoms with Crippen LogP contribution in [0.4, 0.5) is 11.4 Å². The van der Waals surface area contributed by atoms with Crippen LogP contribution in [0.25, 0.3) is 0 Å². The zero-order chi connectivity index (χ0) is 19.4. The average molecular weight is 393 g/mol. The Kier molecular flexibility index (Phi) is 5.59. The van der Waals surface area contributed by atoms with Crippen LogP contribution >= 0.6 is 0 Å². The molecule has 0 spiro atoms. The van der Waals surface area contributed by atoms with E-state index in [9.17, 15) is 18.0 Å². The van der Waals surface area contributed by atoms with E-state index < -0.39 is 15.9 Å². The van der Waals surface area contributed by atoms with Gasteiger partial charge in [-0.3, -0.25) is 9.59 Å². The van der Waals surface area contributed by atoms with Crippen molar-refractivity contribution in [3.05, 3.63) is 42.2 Å². The van der Waals surface area contributed by atoms with Crippen LogP contribution in [0.1, 0.15) is 17.5 Å². The number of carbonyl (C=O) groups excluding carboxylic acids is 2. The molecule has 0 aliphatic carbocycles. The number of furan rings is 1. The summed E-state index contributed by atoms with van der Waals surface area (Å²) in [6.07, 6.45) is 0. The summed E-state index contributed by atoms with van der Waals surface area (Å²) >= 11 is 0. The number of nitrogens with zero attached hydrogens (tertiary/aromatic N) is 1. The molecule has 1 saturated heterocycles. The summed E-state index contributed by atoms with van der Waals surface area (Å²) in [5, 5.41) is 4.95. The van der Waals surface area contributed by atoms with Gasteiger partial charge in [0.25, 0.3) is 15.9 Å². The van der Waals surface area contributed by atoms with Crippen LogP contribution in [0.5, 0.6) is 0 Å². The maximum Gasteiger partial charge on any atom is 0.291 e. The Labute approximate surface area is 156 Å². The number of hydrogen-bond donors (Lipinski definition) is 2. The molecule has 1 aliphatic rings. The molecule has 1 fully saturated rings. The maximum atomic E-state index is 12.5. The molecule has 1 aromatic carbocycles. The van der Waals surface area contributed by atoms with Gasteiger partial charge in [-0.1, -0.05) is 0 Å². The molecule has 0 saturated carbocycles. The van der Waals surface area contributed by atoms with Crippen LogP contribution in [0.3, 0.4) is 0 Å². The minimum atomic E-state index is -3.80. The summed E-state index contributed by atoms with van der Waals surface area (Å²) < 4.78 is 36.7. The summed E-state index contributed by atoms with van der Waals surface area (Å²) in [7, 11) is -3.80. The molecule has 9 nitrogen and oxygen atoms in total. The average Bonchev–Trinajstić information content (AvgIpc) is 3.15. The number of rotatable bonds is 5. The van der Waals surface area contributed by atoms with Crippen molar-refractivity contribution < 1.29 is 27.2 Å². The van der Waals surface area contributed by atoms with Crippen molar-refractivity contribution in [3.8, 4) is 0 Å². The largest absolute Gasteiger partial charge is 0.438 e. The van der Waals surface area contributed by atoms with Gasteiger partial charge in [-0.2, -0.15) is 4.31 Å². The quantitative estimate of drug-likeness (QED) is 0.795. The van der Waals surface area contributed by atoms with E-state index in [2.05, 4.69) is 10.6 Å². The molecule has 1 aliphatic heterocycles. The molecular formula is C17H19N3O6S. The first kappa shape index (κ1) is 19.1. The number of hydrogen-bond acceptors (Lipinski definition) is 6. The highest BCUT2D eigenvalue weighted by molar-refractivity contribution is 7.89. The second-order valence-corrected chi connectivity index (χ2v) is 7.72. The molecule has 0 unspecified atom stereocenters. The number of anilines is 2. The lowest BCUT2D eigenvalue weighted by molar-refractivity contribution is -0.114. The van der Waals surface area contributed by atoms with Crippen molar-refractivity contribution >= 4 is 33.2 Å². The van der Waals surface area contributed by atoms with Crippen molar-refractivity contribution in [2.75, 3.05) is 36.9 Å². The van der Waals surface area contributed by atoms with Crippen molar-refractivity contribution in [2.45, 2.75) is 12.0 Å². The topological polar surface area (TPSA) is 118 Å². The van der Waals surface area contributed by atoms with Crippen LogP contribution in [-0.4, -0.2) is 50.8 Å². The standard InChI is InChI=1S/C17H19N3O6S/c1-12(21)18-13-2-4-14(5-3-13)19-17(22)15-6-7-16(26-15)27(23,24)20-8-10-25-11-9-20/h2-7H,8-11H2,1H3,(H,18,21)(H,19,22). The Morgan fingerprint density at radius 3 is 2.15 bits per heavy atom. The summed E-state index contributed by atoms with van der Waals surface area (Å²) in [5.74, 6) is -0.894. The lowest BCUT2D eigenvalue weighted by atomic mass is 10.2. The fourth-order valence-corrected chi connectivity index (χ4v) is 3.85. The van der Waals surface area contributed by atoms with Gasteiger partial charge in [-0.15, -0.1) is 0 Å². The summed E-state index contributed by atoms with van der Waals surface area (Å²) in [5.41, 5.74) is 1.07. The van der Waals surface area contributed by atoms with Gasteiger partial charge in [0.05, 0.1) is 13.2 Å². The molecule has 2 amide bonds. The fourth-order valence-electron chi connectivity index (χ4n) is 2.53.